The Bertz CT molecular complexity index is 3430. The van der Waals surface area contributed by atoms with Gasteiger partial charge in [-0.3, -0.25) is 0 Å². The predicted octanol–water partition coefficient (Wildman–Crippen LogP) is 15.0. The molecule has 0 radical (unpaired) electrons. The first kappa shape index (κ1) is 37.1. The van der Waals surface area contributed by atoms with Gasteiger partial charge in [0.15, 0.2) is 11.5 Å². The molecule has 11 rings (SSSR count). The highest BCUT2D eigenvalue weighted by molar-refractivity contribution is 6.05. The molecule has 0 spiro atoms. The van der Waals surface area contributed by atoms with Crippen molar-refractivity contribution in [2.45, 2.75) is 38.5 Å². The molecule has 8 aromatic carbocycles. The maximum Gasteiger partial charge on any atom is 0.194 e. The summed E-state index contributed by atoms with van der Waals surface area (Å²) in [6, 6.07) is 61.9. The third-order valence-electron chi connectivity index (χ3n) is 13.4. The Hall–Kier alpha value is -7.92. The standard InChI is InChI=1S/C58H40N4/c1-57(2)49-19-11-8-17-43(49)45-28-26-37(32-51(45)57)40-30-47(38-27-29-46-44-18-9-12-20-50(44)58(3,4)52(46)33-38)55-48(31-40)54(61-56(62-55)42-16-7-6-14-39(42)34-59)36-24-22-35(23-25-36)41-15-10-13-21-53(41)60-5/h6-33H,1-4H3. The molecule has 0 saturated carbocycles. The van der Waals surface area contributed by atoms with Gasteiger partial charge in [0.1, 0.15) is 0 Å². The number of rotatable bonds is 5. The molecule has 9 aromatic rings. The summed E-state index contributed by atoms with van der Waals surface area (Å²) in [5.41, 5.74) is 20.4. The SMILES string of the molecule is [C-]#[N+]c1ccccc1-c1ccc(-c2nc(-c3ccccc3C#N)nc3c(-c4ccc5c(c4)C(C)(C)c4ccccc4-5)cc(-c4ccc5c(c4)C(C)(C)c4ccccc4-5)cc23)cc1. The first-order valence-electron chi connectivity index (χ1n) is 21.1. The van der Waals surface area contributed by atoms with E-state index >= 15 is 0 Å². The lowest BCUT2D eigenvalue weighted by Crippen LogP contribution is -2.15. The van der Waals surface area contributed by atoms with Crippen LogP contribution in [0.3, 0.4) is 0 Å². The van der Waals surface area contributed by atoms with Crippen molar-refractivity contribution in [1.82, 2.24) is 9.97 Å². The minimum Gasteiger partial charge on any atom is -0.238 e. The van der Waals surface area contributed by atoms with Gasteiger partial charge in [0, 0.05) is 32.9 Å². The summed E-state index contributed by atoms with van der Waals surface area (Å²) in [5, 5.41) is 11.2. The number of nitrogens with zero attached hydrogens (tertiary/aromatic N) is 4. The maximum absolute atomic E-state index is 10.3. The Morgan fingerprint density at radius 1 is 0.452 bits per heavy atom. The van der Waals surface area contributed by atoms with E-state index in [0.717, 1.165) is 55.5 Å². The van der Waals surface area contributed by atoms with Crippen LogP contribution in [0, 0.1) is 17.9 Å². The zero-order chi connectivity index (χ0) is 42.3. The molecular weight excluding hydrogens is 753 g/mol. The molecule has 4 heteroatoms. The van der Waals surface area contributed by atoms with E-state index in [-0.39, 0.29) is 10.8 Å². The van der Waals surface area contributed by atoms with Gasteiger partial charge in [-0.05, 0) is 109 Å². The minimum atomic E-state index is -0.194. The molecule has 1 aromatic heterocycles. The zero-order valence-electron chi connectivity index (χ0n) is 35.0. The van der Waals surface area contributed by atoms with Crippen LogP contribution >= 0.6 is 0 Å². The predicted molar refractivity (Wildman–Crippen MR) is 253 cm³/mol. The highest BCUT2D eigenvalue weighted by Gasteiger charge is 2.37. The topological polar surface area (TPSA) is 53.9 Å². The van der Waals surface area contributed by atoms with E-state index in [1.54, 1.807) is 0 Å². The average molecular weight is 793 g/mol. The number of fused-ring (bicyclic) bond motifs is 7. The number of hydrogen-bond donors (Lipinski definition) is 0. The van der Waals surface area contributed by atoms with E-state index in [1.165, 1.54) is 44.5 Å². The van der Waals surface area contributed by atoms with E-state index in [2.05, 4.69) is 160 Å². The highest BCUT2D eigenvalue weighted by atomic mass is 14.9. The molecule has 0 atom stereocenters. The number of para-hydroxylation sites is 1. The van der Waals surface area contributed by atoms with Crippen molar-refractivity contribution in [1.29, 1.82) is 5.26 Å². The Morgan fingerprint density at radius 2 is 0.968 bits per heavy atom. The minimum absolute atomic E-state index is 0.160. The van der Waals surface area contributed by atoms with Gasteiger partial charge in [0.05, 0.1) is 29.4 Å². The van der Waals surface area contributed by atoms with Gasteiger partial charge in [-0.2, -0.15) is 5.26 Å². The summed E-state index contributed by atoms with van der Waals surface area (Å²) in [7, 11) is 0. The van der Waals surface area contributed by atoms with E-state index in [9.17, 15) is 5.26 Å². The van der Waals surface area contributed by atoms with Crippen LogP contribution in [0.4, 0.5) is 5.69 Å². The fourth-order valence-corrected chi connectivity index (χ4v) is 10.1. The Kier molecular flexibility index (Phi) is 8.27. The summed E-state index contributed by atoms with van der Waals surface area (Å²) >= 11 is 0. The molecule has 0 aliphatic heterocycles. The van der Waals surface area contributed by atoms with Gasteiger partial charge in [-0.1, -0.05) is 161 Å². The monoisotopic (exact) mass is 792 g/mol. The molecule has 2 aliphatic rings. The van der Waals surface area contributed by atoms with Gasteiger partial charge < -0.3 is 0 Å². The molecular formula is C58H40N4. The summed E-state index contributed by atoms with van der Waals surface area (Å²) < 4.78 is 0. The third-order valence-corrected chi connectivity index (χ3v) is 13.4. The summed E-state index contributed by atoms with van der Waals surface area (Å²) in [6.07, 6.45) is 0. The number of nitriles is 1. The van der Waals surface area contributed by atoms with Crippen molar-refractivity contribution in [3.8, 4) is 84.3 Å². The molecule has 0 saturated heterocycles. The largest absolute Gasteiger partial charge is 0.238 e. The summed E-state index contributed by atoms with van der Waals surface area (Å²) in [6.45, 7) is 17.1. The van der Waals surface area contributed by atoms with Crippen molar-refractivity contribution in [2.75, 3.05) is 0 Å². The van der Waals surface area contributed by atoms with E-state index in [1.807, 2.05) is 48.5 Å². The quantitative estimate of drug-likeness (QED) is 0.163. The first-order valence-corrected chi connectivity index (χ1v) is 21.1. The van der Waals surface area contributed by atoms with E-state index in [0.29, 0.717) is 22.6 Å². The Balaban J connectivity index is 1.19. The molecule has 0 bridgehead atoms. The van der Waals surface area contributed by atoms with Crippen molar-refractivity contribution in [2.24, 2.45) is 0 Å². The fourth-order valence-electron chi connectivity index (χ4n) is 10.1. The molecule has 1 heterocycles. The van der Waals surface area contributed by atoms with Crippen LogP contribution in [0.2, 0.25) is 0 Å². The summed E-state index contributed by atoms with van der Waals surface area (Å²) in [4.78, 5) is 14.6. The van der Waals surface area contributed by atoms with Crippen LogP contribution < -0.4 is 0 Å². The zero-order valence-corrected chi connectivity index (χ0v) is 35.0. The van der Waals surface area contributed by atoms with E-state index in [4.69, 9.17) is 16.5 Å². The van der Waals surface area contributed by atoms with Crippen LogP contribution in [0.1, 0.15) is 55.5 Å². The molecule has 0 amide bonds. The van der Waals surface area contributed by atoms with Gasteiger partial charge in [-0.25, -0.2) is 14.8 Å². The van der Waals surface area contributed by atoms with Crippen molar-refractivity contribution in [3.63, 3.8) is 0 Å². The molecule has 62 heavy (non-hydrogen) atoms. The maximum atomic E-state index is 10.3. The lowest BCUT2D eigenvalue weighted by molar-refractivity contribution is 0.660. The van der Waals surface area contributed by atoms with Crippen LogP contribution in [0.15, 0.2) is 170 Å². The Morgan fingerprint density at radius 3 is 1.61 bits per heavy atom. The smallest absolute Gasteiger partial charge is 0.194 e. The third kappa shape index (κ3) is 5.58. The molecule has 0 fully saturated rings. The Labute approximate surface area is 362 Å². The molecule has 2 aliphatic carbocycles. The van der Waals surface area contributed by atoms with Gasteiger partial charge >= 0.3 is 0 Å². The number of aromatic nitrogens is 2. The highest BCUT2D eigenvalue weighted by Crippen LogP contribution is 2.52. The van der Waals surface area contributed by atoms with Gasteiger partial charge in [0.25, 0.3) is 0 Å². The molecule has 0 unspecified atom stereocenters. The normalized spacial score (nSPS) is 13.7. The van der Waals surface area contributed by atoms with Gasteiger partial charge in [-0.15, -0.1) is 0 Å². The average Bonchev–Trinajstić information content (AvgIpc) is 3.69. The van der Waals surface area contributed by atoms with Gasteiger partial charge in [0.2, 0.25) is 0 Å². The molecule has 0 N–H and O–H groups in total. The summed E-state index contributed by atoms with van der Waals surface area (Å²) in [5.74, 6) is 0.493. The van der Waals surface area contributed by atoms with Crippen LogP contribution in [-0.4, -0.2) is 9.97 Å². The number of hydrogen-bond acceptors (Lipinski definition) is 3. The second-order valence-electron chi connectivity index (χ2n) is 17.5. The second kappa shape index (κ2) is 13.8. The second-order valence-corrected chi connectivity index (χ2v) is 17.5. The van der Waals surface area contributed by atoms with Crippen molar-refractivity contribution in [3.05, 3.63) is 209 Å². The van der Waals surface area contributed by atoms with E-state index < -0.39 is 0 Å². The lowest BCUT2D eigenvalue weighted by atomic mass is 9.81. The first-order chi connectivity index (χ1) is 30.1. The molecule has 292 valence electrons. The fraction of sp³-hybridized carbons (Fsp3) is 0.103. The number of benzene rings is 8. The lowest BCUT2D eigenvalue weighted by Gasteiger charge is -2.23. The van der Waals surface area contributed by atoms with Crippen LogP contribution in [0.25, 0.3) is 94.0 Å². The van der Waals surface area contributed by atoms with Crippen LogP contribution in [-0.2, 0) is 10.8 Å². The van der Waals surface area contributed by atoms with Crippen LogP contribution in [0.5, 0.6) is 0 Å². The van der Waals surface area contributed by atoms with Crippen molar-refractivity contribution < 1.29 is 0 Å². The van der Waals surface area contributed by atoms with Crippen molar-refractivity contribution >= 4 is 16.6 Å². The molecule has 4 nitrogen and oxygen atoms in total.